The number of alkyl halides is 1. The van der Waals surface area contributed by atoms with Gasteiger partial charge >= 0.3 is 6.09 Å². The average Bonchev–Trinajstić information content (AvgIpc) is 2.17. The maximum absolute atomic E-state index is 13.9. The number of hydrogen-bond donors (Lipinski definition) is 1. The third-order valence-corrected chi connectivity index (χ3v) is 3.36. The van der Waals surface area contributed by atoms with Gasteiger partial charge in [0.15, 0.2) is 0 Å². The zero-order valence-corrected chi connectivity index (χ0v) is 13.0. The van der Waals surface area contributed by atoms with Crippen LogP contribution in [-0.4, -0.2) is 44.7 Å². The average molecular weight is 311 g/mol. The Labute approximate surface area is 119 Å². The molecule has 1 aliphatic carbocycles. The van der Waals surface area contributed by atoms with Gasteiger partial charge in [-0.25, -0.2) is 9.18 Å². The Kier molecular flexibility index (Phi) is 5.37. The van der Waals surface area contributed by atoms with E-state index in [-0.39, 0.29) is 6.42 Å². The molecule has 0 radical (unpaired) electrons. The summed E-state index contributed by atoms with van der Waals surface area (Å²) in [7, 11) is -3.59. The Morgan fingerprint density at radius 2 is 1.90 bits per heavy atom. The van der Waals surface area contributed by atoms with E-state index in [9.17, 15) is 17.6 Å². The summed E-state index contributed by atoms with van der Waals surface area (Å²) in [5, 5.41) is 2.47. The van der Waals surface area contributed by atoms with Crippen molar-refractivity contribution < 1.29 is 26.5 Å². The topological polar surface area (TPSA) is 81.7 Å². The quantitative estimate of drug-likeness (QED) is 0.803. The molecule has 0 aromatic rings. The van der Waals surface area contributed by atoms with Crippen molar-refractivity contribution in [2.24, 2.45) is 0 Å². The standard InChI is InChI=1S/C12H22FNO5S/c1-12(2,3)18-11(15)14-10-6-5-8(7-9(10)13)19-20(4,16)17/h8-10H,5-7H2,1-4H3,(H,14,15)/t8-,9+,10-/m0/s1. The minimum atomic E-state index is -3.59. The number of alkyl carbamates (subject to hydrolysis) is 1. The van der Waals surface area contributed by atoms with Crippen molar-refractivity contribution in [3.05, 3.63) is 0 Å². The maximum atomic E-state index is 13.9. The van der Waals surface area contributed by atoms with Gasteiger partial charge in [0, 0.05) is 6.42 Å². The molecule has 0 saturated heterocycles. The normalized spacial score (nSPS) is 27.9. The van der Waals surface area contributed by atoms with Crippen molar-refractivity contribution in [1.82, 2.24) is 5.32 Å². The highest BCUT2D eigenvalue weighted by molar-refractivity contribution is 7.86. The predicted octanol–water partition coefficient (Wildman–Crippen LogP) is 1.75. The van der Waals surface area contributed by atoms with Crippen LogP contribution in [0.4, 0.5) is 9.18 Å². The molecule has 0 aromatic heterocycles. The van der Waals surface area contributed by atoms with E-state index in [0.717, 1.165) is 6.26 Å². The van der Waals surface area contributed by atoms with Crippen molar-refractivity contribution in [1.29, 1.82) is 0 Å². The molecule has 6 nitrogen and oxygen atoms in total. The molecule has 0 aliphatic heterocycles. The van der Waals surface area contributed by atoms with Crippen molar-refractivity contribution in [3.63, 3.8) is 0 Å². The van der Waals surface area contributed by atoms with Gasteiger partial charge in [0.05, 0.1) is 18.4 Å². The largest absolute Gasteiger partial charge is 0.444 e. The van der Waals surface area contributed by atoms with Gasteiger partial charge in [0.1, 0.15) is 11.8 Å². The van der Waals surface area contributed by atoms with Crippen LogP contribution in [0.15, 0.2) is 0 Å². The monoisotopic (exact) mass is 311 g/mol. The number of hydrogen-bond acceptors (Lipinski definition) is 5. The van der Waals surface area contributed by atoms with Crippen molar-refractivity contribution in [2.45, 2.75) is 64.0 Å². The summed E-state index contributed by atoms with van der Waals surface area (Å²) in [6.45, 7) is 5.16. The second kappa shape index (κ2) is 6.26. The Morgan fingerprint density at radius 1 is 1.30 bits per heavy atom. The third-order valence-electron chi connectivity index (χ3n) is 2.74. The number of carbonyl (C=O) groups excluding carboxylic acids is 1. The molecular formula is C12H22FNO5S. The highest BCUT2D eigenvalue weighted by Crippen LogP contribution is 2.25. The fourth-order valence-corrected chi connectivity index (χ4v) is 2.70. The second-order valence-electron chi connectivity index (χ2n) is 6.00. The third kappa shape index (κ3) is 6.51. The molecule has 0 heterocycles. The Hall–Kier alpha value is -0.890. The molecule has 1 saturated carbocycles. The first-order valence-electron chi connectivity index (χ1n) is 6.48. The maximum Gasteiger partial charge on any atom is 0.407 e. The molecule has 0 unspecified atom stereocenters. The molecule has 0 aromatic carbocycles. The highest BCUT2D eigenvalue weighted by atomic mass is 32.2. The molecule has 0 bridgehead atoms. The van der Waals surface area contributed by atoms with Gasteiger partial charge in [0.2, 0.25) is 0 Å². The number of amides is 1. The molecule has 1 fully saturated rings. The van der Waals surface area contributed by atoms with Crippen LogP contribution in [0.1, 0.15) is 40.0 Å². The Balaban J connectivity index is 2.47. The van der Waals surface area contributed by atoms with Gasteiger partial charge in [-0.2, -0.15) is 8.42 Å². The summed E-state index contributed by atoms with van der Waals surface area (Å²) >= 11 is 0. The van der Waals surface area contributed by atoms with Crippen LogP contribution < -0.4 is 5.32 Å². The van der Waals surface area contributed by atoms with Gasteiger partial charge in [-0.15, -0.1) is 0 Å². The zero-order valence-electron chi connectivity index (χ0n) is 12.2. The van der Waals surface area contributed by atoms with E-state index in [0.29, 0.717) is 12.8 Å². The van der Waals surface area contributed by atoms with E-state index >= 15 is 0 Å². The SMILES string of the molecule is CC(C)(C)OC(=O)N[C@H]1CC[C@H](OS(C)(=O)=O)C[C@H]1F. The van der Waals surface area contributed by atoms with Crippen LogP contribution in [0.2, 0.25) is 0 Å². The van der Waals surface area contributed by atoms with Crippen LogP contribution in [0, 0.1) is 0 Å². The lowest BCUT2D eigenvalue weighted by atomic mass is 9.91. The van der Waals surface area contributed by atoms with Gasteiger partial charge in [-0.1, -0.05) is 0 Å². The van der Waals surface area contributed by atoms with Gasteiger partial charge < -0.3 is 10.1 Å². The minimum absolute atomic E-state index is 0.0620. The van der Waals surface area contributed by atoms with Crippen molar-refractivity contribution >= 4 is 16.2 Å². The first-order chi connectivity index (χ1) is 8.96. The smallest absolute Gasteiger partial charge is 0.407 e. The first kappa shape index (κ1) is 17.2. The van der Waals surface area contributed by atoms with E-state index < -0.39 is 40.1 Å². The van der Waals surface area contributed by atoms with E-state index in [1.54, 1.807) is 20.8 Å². The predicted molar refractivity (Wildman–Crippen MR) is 71.6 cm³/mol. The summed E-state index contributed by atoms with van der Waals surface area (Å²) in [5.41, 5.74) is -0.646. The van der Waals surface area contributed by atoms with E-state index in [4.69, 9.17) is 8.92 Å². The second-order valence-corrected chi connectivity index (χ2v) is 7.60. The lowest BCUT2D eigenvalue weighted by Crippen LogP contribution is -2.48. The molecule has 1 aliphatic rings. The molecule has 20 heavy (non-hydrogen) atoms. The van der Waals surface area contributed by atoms with Gasteiger partial charge in [-0.05, 0) is 33.6 Å². The molecule has 1 rings (SSSR count). The fourth-order valence-electron chi connectivity index (χ4n) is 2.04. The number of halogens is 1. The summed E-state index contributed by atoms with van der Waals surface area (Å²) in [6, 6.07) is -0.677. The lowest BCUT2D eigenvalue weighted by molar-refractivity contribution is 0.0374. The van der Waals surface area contributed by atoms with Gasteiger partial charge in [-0.3, -0.25) is 4.18 Å². The summed E-state index contributed by atoms with van der Waals surface area (Å²) < 4.78 is 45.7. The lowest BCUT2D eigenvalue weighted by Gasteiger charge is -2.32. The van der Waals surface area contributed by atoms with Crippen molar-refractivity contribution in [3.8, 4) is 0 Å². The molecule has 3 atom stereocenters. The Bertz CT molecular complexity index is 445. The molecule has 1 amide bonds. The molecular weight excluding hydrogens is 289 g/mol. The summed E-state index contributed by atoms with van der Waals surface area (Å²) in [4.78, 5) is 11.6. The Morgan fingerprint density at radius 3 is 2.35 bits per heavy atom. The summed E-state index contributed by atoms with van der Waals surface area (Å²) in [6.07, 6.45) is -1.15. The van der Waals surface area contributed by atoms with Gasteiger partial charge in [0.25, 0.3) is 10.1 Å². The van der Waals surface area contributed by atoms with Crippen molar-refractivity contribution in [2.75, 3.05) is 6.26 Å². The molecule has 0 spiro atoms. The first-order valence-corrected chi connectivity index (χ1v) is 8.30. The van der Waals surface area contributed by atoms with Crippen LogP contribution >= 0.6 is 0 Å². The molecule has 8 heteroatoms. The minimum Gasteiger partial charge on any atom is -0.444 e. The number of ether oxygens (including phenoxy) is 1. The molecule has 1 N–H and O–H groups in total. The number of nitrogens with one attached hydrogen (secondary N) is 1. The van der Waals surface area contributed by atoms with E-state index in [2.05, 4.69) is 5.32 Å². The van der Waals surface area contributed by atoms with Crippen LogP contribution in [-0.2, 0) is 19.0 Å². The van der Waals surface area contributed by atoms with E-state index in [1.807, 2.05) is 0 Å². The van der Waals surface area contributed by atoms with Crippen LogP contribution in [0.3, 0.4) is 0 Å². The van der Waals surface area contributed by atoms with E-state index in [1.165, 1.54) is 0 Å². The zero-order chi connectivity index (χ0) is 15.6. The number of rotatable bonds is 3. The molecule has 118 valence electrons. The highest BCUT2D eigenvalue weighted by Gasteiger charge is 2.34. The van der Waals surface area contributed by atoms with Crippen LogP contribution in [0.5, 0.6) is 0 Å². The fraction of sp³-hybridized carbons (Fsp3) is 0.917. The number of carbonyl (C=O) groups is 1. The van der Waals surface area contributed by atoms with Crippen LogP contribution in [0.25, 0.3) is 0 Å². The summed E-state index contributed by atoms with van der Waals surface area (Å²) in [5.74, 6) is 0.